The Hall–Kier alpha value is -1.31. The molecule has 0 bridgehead atoms. The van der Waals surface area contributed by atoms with Crippen LogP contribution in [0.4, 0.5) is 0 Å². The molecule has 0 amide bonds. The van der Waals surface area contributed by atoms with Gasteiger partial charge in [-0.05, 0) is 42.7 Å². The molecule has 0 saturated heterocycles. The van der Waals surface area contributed by atoms with Crippen LogP contribution in [0, 0.1) is 5.92 Å². The fourth-order valence-electron chi connectivity index (χ4n) is 2.86. The lowest BCUT2D eigenvalue weighted by atomic mass is 9.78. The molecule has 0 radical (unpaired) electrons. The highest BCUT2D eigenvalue weighted by molar-refractivity contribution is 7.83. The summed E-state index contributed by atoms with van der Waals surface area (Å²) in [6.45, 7) is 0.203. The Kier molecular flexibility index (Phi) is 4.52. The molecule has 2 rings (SSSR count). The van der Waals surface area contributed by atoms with Crippen LogP contribution in [-0.4, -0.2) is 29.7 Å². The average Bonchev–Trinajstić information content (AvgIpc) is 2.36. The lowest BCUT2D eigenvalue weighted by Gasteiger charge is -2.29. The molecule has 0 aromatic heterocycles. The smallest absolute Gasteiger partial charge is 0.333 e. The number of hydrogen-bond acceptors (Lipinski definition) is 4. The van der Waals surface area contributed by atoms with Crippen molar-refractivity contribution in [3.05, 3.63) is 23.8 Å². The first-order valence-electron chi connectivity index (χ1n) is 6.59. The number of phenolic OH excluding ortho intramolecular Hbond substituents is 2. The second-order valence-electron chi connectivity index (χ2n) is 5.30. The third-order valence-electron chi connectivity index (χ3n) is 3.79. The highest BCUT2D eigenvalue weighted by Gasteiger charge is 2.25. The summed E-state index contributed by atoms with van der Waals surface area (Å²) in [6.07, 6.45) is 3.47. The van der Waals surface area contributed by atoms with E-state index in [1.165, 1.54) is 12.1 Å². The molecule has 2 atom stereocenters. The zero-order valence-electron chi connectivity index (χ0n) is 11.0. The highest BCUT2D eigenvalue weighted by Crippen LogP contribution is 2.40. The molecular formula is C13H19NO5S. The van der Waals surface area contributed by atoms with Gasteiger partial charge in [0.05, 0.1) is 0 Å². The summed E-state index contributed by atoms with van der Waals surface area (Å²) in [4.78, 5) is 0. The maximum atomic E-state index is 10.7. The molecular weight excluding hydrogens is 282 g/mol. The van der Waals surface area contributed by atoms with Gasteiger partial charge in [0, 0.05) is 12.6 Å². The van der Waals surface area contributed by atoms with Gasteiger partial charge in [-0.3, -0.25) is 4.55 Å². The molecule has 1 aliphatic carbocycles. The maximum absolute atomic E-state index is 10.7. The average molecular weight is 301 g/mol. The minimum atomic E-state index is -4.15. The van der Waals surface area contributed by atoms with Gasteiger partial charge in [0.2, 0.25) is 0 Å². The minimum Gasteiger partial charge on any atom is -0.508 e. The van der Waals surface area contributed by atoms with E-state index in [0.717, 1.165) is 31.2 Å². The Morgan fingerprint density at radius 3 is 2.65 bits per heavy atom. The van der Waals surface area contributed by atoms with Crippen LogP contribution >= 0.6 is 0 Å². The topological polar surface area (TPSA) is 107 Å². The van der Waals surface area contributed by atoms with Crippen LogP contribution in [0.2, 0.25) is 0 Å². The largest absolute Gasteiger partial charge is 0.508 e. The number of rotatable bonds is 4. The van der Waals surface area contributed by atoms with Gasteiger partial charge >= 0.3 is 10.3 Å². The van der Waals surface area contributed by atoms with Crippen molar-refractivity contribution in [2.75, 3.05) is 6.54 Å². The lowest BCUT2D eigenvalue weighted by molar-refractivity contribution is 0.312. The zero-order valence-corrected chi connectivity index (χ0v) is 11.8. The van der Waals surface area contributed by atoms with Gasteiger partial charge in [-0.15, -0.1) is 0 Å². The Labute approximate surface area is 118 Å². The fourth-order valence-corrected chi connectivity index (χ4v) is 3.31. The van der Waals surface area contributed by atoms with Gasteiger partial charge in [-0.25, -0.2) is 0 Å². The van der Waals surface area contributed by atoms with E-state index in [9.17, 15) is 18.6 Å². The van der Waals surface area contributed by atoms with E-state index in [1.807, 2.05) is 0 Å². The van der Waals surface area contributed by atoms with Crippen molar-refractivity contribution in [2.24, 2.45) is 5.92 Å². The lowest BCUT2D eigenvalue weighted by Crippen LogP contribution is -2.31. The van der Waals surface area contributed by atoms with Crippen LogP contribution in [0.3, 0.4) is 0 Å². The van der Waals surface area contributed by atoms with Crippen molar-refractivity contribution in [2.45, 2.75) is 31.6 Å². The third kappa shape index (κ3) is 4.09. The van der Waals surface area contributed by atoms with Crippen LogP contribution < -0.4 is 4.72 Å². The Morgan fingerprint density at radius 1 is 1.25 bits per heavy atom. The SMILES string of the molecule is O=S(=O)(O)NCC1CCCC(c2ccc(O)cc2O)C1. The van der Waals surface area contributed by atoms with Crippen molar-refractivity contribution in [1.29, 1.82) is 0 Å². The molecule has 0 aliphatic heterocycles. The molecule has 0 spiro atoms. The molecule has 6 nitrogen and oxygen atoms in total. The molecule has 2 unspecified atom stereocenters. The van der Waals surface area contributed by atoms with Gasteiger partial charge < -0.3 is 10.2 Å². The van der Waals surface area contributed by atoms with Gasteiger partial charge in [0.25, 0.3) is 0 Å². The van der Waals surface area contributed by atoms with Crippen molar-refractivity contribution in [3.63, 3.8) is 0 Å². The standard InChI is InChI=1S/C13H19NO5S/c15-11-4-5-12(13(16)7-11)10-3-1-2-9(6-10)8-14-20(17,18)19/h4-5,7,9-10,14-16H,1-3,6,8H2,(H,17,18,19). The number of phenols is 2. The van der Waals surface area contributed by atoms with Crippen molar-refractivity contribution >= 4 is 10.3 Å². The predicted octanol–water partition coefficient (Wildman–Crippen LogP) is 1.76. The van der Waals surface area contributed by atoms with Crippen molar-refractivity contribution in [1.82, 2.24) is 4.72 Å². The van der Waals surface area contributed by atoms with E-state index in [4.69, 9.17) is 4.55 Å². The maximum Gasteiger partial charge on any atom is 0.333 e. The van der Waals surface area contributed by atoms with Crippen molar-refractivity contribution in [3.8, 4) is 11.5 Å². The summed E-state index contributed by atoms with van der Waals surface area (Å²) in [5.74, 6) is 0.353. The highest BCUT2D eigenvalue weighted by atomic mass is 32.2. The molecule has 112 valence electrons. The van der Waals surface area contributed by atoms with Crippen LogP contribution in [0.1, 0.15) is 37.2 Å². The molecule has 1 fully saturated rings. The summed E-state index contributed by atoms with van der Waals surface area (Å²) >= 11 is 0. The second kappa shape index (κ2) is 5.99. The normalized spacial score (nSPS) is 23.6. The van der Waals surface area contributed by atoms with E-state index in [2.05, 4.69) is 4.72 Å². The predicted molar refractivity (Wildman–Crippen MR) is 74.0 cm³/mol. The van der Waals surface area contributed by atoms with E-state index < -0.39 is 10.3 Å². The first-order valence-corrected chi connectivity index (χ1v) is 8.03. The number of aromatic hydroxyl groups is 2. The summed E-state index contributed by atoms with van der Waals surface area (Å²) in [6, 6.07) is 4.55. The van der Waals surface area contributed by atoms with E-state index in [1.54, 1.807) is 6.07 Å². The van der Waals surface area contributed by atoms with Gasteiger partial charge in [-0.1, -0.05) is 12.5 Å². The van der Waals surface area contributed by atoms with Gasteiger partial charge in [-0.2, -0.15) is 13.1 Å². The van der Waals surface area contributed by atoms with Crippen LogP contribution in [0.25, 0.3) is 0 Å². The monoisotopic (exact) mass is 301 g/mol. The molecule has 1 aliphatic rings. The molecule has 1 aromatic rings. The van der Waals surface area contributed by atoms with E-state index in [-0.39, 0.29) is 29.9 Å². The first kappa shape index (κ1) is 15.1. The Morgan fingerprint density at radius 2 is 2.00 bits per heavy atom. The summed E-state index contributed by atoms with van der Waals surface area (Å²) in [5.41, 5.74) is 0.777. The Bertz CT molecular complexity index is 572. The molecule has 0 heterocycles. The van der Waals surface area contributed by atoms with E-state index >= 15 is 0 Å². The van der Waals surface area contributed by atoms with Crippen molar-refractivity contribution < 1.29 is 23.2 Å². The number of benzene rings is 1. The Balaban J connectivity index is 2.03. The third-order valence-corrected chi connectivity index (χ3v) is 4.32. The number of hydrogen-bond donors (Lipinski definition) is 4. The summed E-state index contributed by atoms with van der Waals surface area (Å²) in [7, 11) is -4.15. The van der Waals surface area contributed by atoms with Gasteiger partial charge in [0.1, 0.15) is 11.5 Å². The quantitative estimate of drug-likeness (QED) is 0.634. The summed E-state index contributed by atoms with van der Waals surface area (Å²) < 4.78 is 32.2. The number of nitrogens with one attached hydrogen (secondary N) is 1. The molecule has 1 aromatic carbocycles. The fraction of sp³-hybridized carbons (Fsp3) is 0.538. The van der Waals surface area contributed by atoms with E-state index in [0.29, 0.717) is 0 Å². The van der Waals surface area contributed by atoms with Crippen LogP contribution in [-0.2, 0) is 10.3 Å². The molecule has 20 heavy (non-hydrogen) atoms. The zero-order chi connectivity index (χ0) is 14.8. The summed E-state index contributed by atoms with van der Waals surface area (Å²) in [5, 5.41) is 19.2. The molecule has 4 N–H and O–H groups in total. The van der Waals surface area contributed by atoms with Gasteiger partial charge in [0.15, 0.2) is 0 Å². The molecule has 7 heteroatoms. The van der Waals surface area contributed by atoms with Crippen LogP contribution in [0.15, 0.2) is 18.2 Å². The second-order valence-corrected chi connectivity index (χ2v) is 6.54. The molecule has 1 saturated carbocycles. The van der Waals surface area contributed by atoms with Crippen LogP contribution in [0.5, 0.6) is 11.5 Å². The first-order chi connectivity index (χ1) is 9.35. The minimum absolute atomic E-state index is 0.0200.